The quantitative estimate of drug-likeness (QED) is 0.206. The molecule has 1 aliphatic heterocycles. The molecular formula is C23H18Cl2N5O2+. The van der Waals surface area contributed by atoms with Gasteiger partial charge >= 0.3 is 6.01 Å². The zero-order chi connectivity index (χ0) is 22.2. The van der Waals surface area contributed by atoms with E-state index in [9.17, 15) is 0 Å². The van der Waals surface area contributed by atoms with E-state index >= 15 is 0 Å². The first-order chi connectivity index (χ1) is 15.6. The van der Waals surface area contributed by atoms with Gasteiger partial charge in [0.1, 0.15) is 30.0 Å². The Morgan fingerprint density at radius 3 is 2.31 bits per heavy atom. The molecule has 7 nitrogen and oxygen atoms in total. The molecule has 1 aliphatic carbocycles. The highest BCUT2D eigenvalue weighted by molar-refractivity contribution is 6.31. The molecule has 0 atom stereocenters. The van der Waals surface area contributed by atoms with Crippen LogP contribution in [-0.4, -0.2) is 33.0 Å². The van der Waals surface area contributed by atoms with Crippen molar-refractivity contribution in [3.05, 3.63) is 64.5 Å². The fourth-order valence-electron chi connectivity index (χ4n) is 3.73. The zero-order valence-electron chi connectivity index (χ0n) is 17.3. The number of benzene rings is 3. The minimum absolute atomic E-state index is 0.00271. The standard InChI is InChI=1S/C23H18Cl2N5O2/c1-3-30(4-2)13-9-10-16-18(11-13)31-19-12-17(32-23-28-21(24)27-22(25)29-23)14-7-5-6-8-15(14)20(19)26-16/h5-12H,3-4H2,1-2H3/q+1. The average Bonchev–Trinajstić information content (AvgIpc) is 2.78. The molecule has 160 valence electrons. The molecular weight excluding hydrogens is 449 g/mol. The largest absolute Gasteiger partial charge is 0.452 e. The topological polar surface area (TPSA) is 76.9 Å². The van der Waals surface area contributed by atoms with Crippen LogP contribution in [0.3, 0.4) is 0 Å². The van der Waals surface area contributed by atoms with Gasteiger partial charge in [-0.15, -0.1) is 0 Å². The maximum atomic E-state index is 6.29. The van der Waals surface area contributed by atoms with Crippen LogP contribution in [0.1, 0.15) is 13.8 Å². The fourth-order valence-corrected chi connectivity index (χ4v) is 4.08. The van der Waals surface area contributed by atoms with Crippen LogP contribution in [-0.2, 0) is 0 Å². The molecule has 0 N–H and O–H groups in total. The fraction of sp³-hybridized carbons (Fsp3) is 0.174. The summed E-state index contributed by atoms with van der Waals surface area (Å²) in [4.78, 5) is 16.6. The predicted octanol–water partition coefficient (Wildman–Crippen LogP) is 5.18. The number of nitrogens with zero attached hydrogens (tertiary/aromatic N) is 5. The van der Waals surface area contributed by atoms with Crippen molar-refractivity contribution in [1.29, 1.82) is 0 Å². The molecule has 5 rings (SSSR count). The number of hydrogen-bond donors (Lipinski definition) is 0. The van der Waals surface area contributed by atoms with E-state index in [1.165, 1.54) is 0 Å². The van der Waals surface area contributed by atoms with Gasteiger partial charge in [-0.05, 0) is 43.1 Å². The average molecular weight is 467 g/mol. The van der Waals surface area contributed by atoms with Crippen LogP contribution in [0.2, 0.25) is 10.6 Å². The Balaban J connectivity index is 1.76. The van der Waals surface area contributed by atoms with Crippen LogP contribution in [0.4, 0.5) is 0 Å². The Labute approximate surface area is 193 Å². The number of hydrogen-bond acceptors (Lipinski definition) is 6. The van der Waals surface area contributed by atoms with Crippen molar-refractivity contribution in [3.8, 4) is 23.2 Å². The maximum Gasteiger partial charge on any atom is 0.327 e. The SMILES string of the molecule is CC[N+](CC)=c1ccc2nc3c(cc(Oc4nc(Cl)nc(Cl)n4)c4ccccc43)oc-2c1. The highest BCUT2D eigenvalue weighted by atomic mass is 35.5. The molecule has 0 unspecified atom stereocenters. The van der Waals surface area contributed by atoms with E-state index in [0.717, 1.165) is 40.4 Å². The van der Waals surface area contributed by atoms with Gasteiger partial charge < -0.3 is 9.15 Å². The summed E-state index contributed by atoms with van der Waals surface area (Å²) in [6, 6.07) is 15.6. The molecule has 0 fully saturated rings. The second kappa shape index (κ2) is 8.33. The van der Waals surface area contributed by atoms with E-state index in [1.807, 2.05) is 36.4 Å². The Kier molecular flexibility index (Phi) is 5.36. The molecule has 0 saturated heterocycles. The molecule has 0 spiro atoms. The highest BCUT2D eigenvalue weighted by Gasteiger charge is 2.17. The number of halogens is 2. The van der Waals surface area contributed by atoms with Crippen molar-refractivity contribution < 1.29 is 9.15 Å². The van der Waals surface area contributed by atoms with E-state index in [-0.39, 0.29) is 16.6 Å². The molecule has 0 radical (unpaired) electrons. The van der Waals surface area contributed by atoms with Gasteiger partial charge in [-0.3, -0.25) is 0 Å². The van der Waals surface area contributed by atoms with E-state index < -0.39 is 0 Å². The van der Waals surface area contributed by atoms with E-state index in [4.69, 9.17) is 37.3 Å². The summed E-state index contributed by atoms with van der Waals surface area (Å²) in [6.45, 7) is 6.06. The third kappa shape index (κ3) is 3.74. The van der Waals surface area contributed by atoms with Gasteiger partial charge in [0.05, 0.1) is 6.07 Å². The van der Waals surface area contributed by atoms with Crippen molar-refractivity contribution in [2.75, 3.05) is 13.1 Å². The molecule has 1 aromatic heterocycles. The first-order valence-electron chi connectivity index (χ1n) is 10.1. The molecule has 32 heavy (non-hydrogen) atoms. The van der Waals surface area contributed by atoms with Gasteiger partial charge in [0, 0.05) is 22.9 Å². The van der Waals surface area contributed by atoms with Crippen LogP contribution in [0.5, 0.6) is 11.8 Å². The summed E-state index contributed by atoms with van der Waals surface area (Å²) in [5.74, 6) is 1.19. The zero-order valence-corrected chi connectivity index (χ0v) is 18.9. The number of ether oxygens (including phenoxy) is 1. The van der Waals surface area contributed by atoms with Crippen molar-refractivity contribution in [3.63, 3.8) is 0 Å². The van der Waals surface area contributed by atoms with E-state index in [2.05, 4.69) is 39.4 Å². The van der Waals surface area contributed by atoms with Crippen molar-refractivity contribution in [2.45, 2.75) is 13.8 Å². The number of aromatic nitrogens is 4. The van der Waals surface area contributed by atoms with Gasteiger partial charge in [-0.25, -0.2) is 9.56 Å². The van der Waals surface area contributed by atoms with Gasteiger partial charge in [-0.1, -0.05) is 24.3 Å². The van der Waals surface area contributed by atoms with Gasteiger partial charge in [0.15, 0.2) is 11.3 Å². The molecule has 3 aromatic rings. The van der Waals surface area contributed by atoms with Crippen LogP contribution >= 0.6 is 23.2 Å². The lowest BCUT2D eigenvalue weighted by Crippen LogP contribution is -2.29. The maximum absolute atomic E-state index is 6.29. The summed E-state index contributed by atoms with van der Waals surface area (Å²) in [5.41, 5.74) is 2.10. The van der Waals surface area contributed by atoms with Crippen molar-refractivity contribution in [2.24, 2.45) is 0 Å². The van der Waals surface area contributed by atoms with Crippen LogP contribution < -0.4 is 14.7 Å². The normalized spacial score (nSPS) is 11.4. The van der Waals surface area contributed by atoms with E-state index in [0.29, 0.717) is 17.1 Å². The third-order valence-electron chi connectivity index (χ3n) is 5.23. The summed E-state index contributed by atoms with van der Waals surface area (Å²) < 4.78 is 14.5. The summed E-state index contributed by atoms with van der Waals surface area (Å²) in [5, 5.41) is 2.69. The second-order valence-corrected chi connectivity index (χ2v) is 7.74. The lowest BCUT2D eigenvalue weighted by atomic mass is 10.1. The highest BCUT2D eigenvalue weighted by Crippen LogP contribution is 2.36. The van der Waals surface area contributed by atoms with Gasteiger partial charge in [-0.2, -0.15) is 15.0 Å². The predicted molar refractivity (Wildman–Crippen MR) is 124 cm³/mol. The number of fused-ring (bicyclic) bond motifs is 4. The molecule has 2 aliphatic rings. The Morgan fingerprint density at radius 1 is 0.875 bits per heavy atom. The molecule has 0 amide bonds. The van der Waals surface area contributed by atoms with Crippen LogP contribution in [0.15, 0.2) is 52.9 Å². The lowest BCUT2D eigenvalue weighted by molar-refractivity contribution is 0.444. The van der Waals surface area contributed by atoms with Crippen LogP contribution in [0.25, 0.3) is 33.3 Å². The molecule has 2 heterocycles. The Bertz CT molecular complexity index is 1490. The van der Waals surface area contributed by atoms with Crippen molar-refractivity contribution in [1.82, 2.24) is 24.5 Å². The lowest BCUT2D eigenvalue weighted by Gasteiger charge is -2.12. The molecule has 9 heteroatoms. The monoisotopic (exact) mass is 466 g/mol. The Morgan fingerprint density at radius 2 is 1.59 bits per heavy atom. The first kappa shape index (κ1) is 20.6. The van der Waals surface area contributed by atoms with Gasteiger partial charge in [0.2, 0.25) is 15.9 Å². The number of rotatable bonds is 4. The summed E-state index contributed by atoms with van der Waals surface area (Å²) >= 11 is 11.8. The smallest absolute Gasteiger partial charge is 0.327 e. The summed E-state index contributed by atoms with van der Waals surface area (Å²) in [7, 11) is 0. The minimum atomic E-state index is -0.0497. The minimum Gasteiger partial charge on any atom is -0.452 e. The Hall–Kier alpha value is -3.29. The van der Waals surface area contributed by atoms with Gasteiger partial charge in [0.25, 0.3) is 0 Å². The molecule has 0 bridgehead atoms. The van der Waals surface area contributed by atoms with Crippen molar-refractivity contribution >= 4 is 45.1 Å². The third-order valence-corrected chi connectivity index (χ3v) is 5.57. The molecule has 0 saturated carbocycles. The molecule has 2 aromatic carbocycles. The second-order valence-electron chi connectivity index (χ2n) is 7.06. The van der Waals surface area contributed by atoms with E-state index in [1.54, 1.807) is 6.07 Å². The van der Waals surface area contributed by atoms with Crippen LogP contribution in [0, 0.1) is 0 Å². The summed E-state index contributed by atoms with van der Waals surface area (Å²) in [6.07, 6.45) is 0. The first-order valence-corrected chi connectivity index (χ1v) is 10.9.